The molecule has 132 valence electrons. The summed E-state index contributed by atoms with van der Waals surface area (Å²) in [6.45, 7) is 0. The number of aromatic nitrogens is 6. The second kappa shape index (κ2) is 8.46. The standard InChI is InChI=1S/C9H8N4S.C9H6N4/c10-9(14)7-4-12-13(6-7)8-2-1-3-11-5-8;10-4-8-5-12-13(7-8)9-2-1-3-11-6-9/h1-6H,(H2,10,14);1-3,5-7H. The van der Waals surface area contributed by atoms with E-state index >= 15 is 0 Å². The molecule has 0 unspecified atom stereocenters. The molecule has 0 fully saturated rings. The third-order valence-corrected chi connectivity index (χ3v) is 3.64. The van der Waals surface area contributed by atoms with Gasteiger partial charge in [0.2, 0.25) is 0 Å². The highest BCUT2D eigenvalue weighted by Crippen LogP contribution is 2.06. The number of nitrogens with two attached hydrogens (primary N) is 1. The first-order chi connectivity index (χ1) is 13.2. The monoisotopic (exact) mass is 374 g/mol. The molecule has 4 aromatic rings. The molecule has 0 aliphatic heterocycles. The van der Waals surface area contributed by atoms with E-state index in [1.807, 2.05) is 30.3 Å². The van der Waals surface area contributed by atoms with Gasteiger partial charge in [0.15, 0.2) is 0 Å². The van der Waals surface area contributed by atoms with Crippen molar-refractivity contribution in [2.24, 2.45) is 5.73 Å². The molecule has 4 heterocycles. The average Bonchev–Trinajstić information content (AvgIpc) is 3.40. The summed E-state index contributed by atoms with van der Waals surface area (Å²) in [7, 11) is 0. The van der Waals surface area contributed by atoms with E-state index in [2.05, 4.69) is 20.2 Å². The number of hydrogen-bond donors (Lipinski definition) is 1. The van der Waals surface area contributed by atoms with Gasteiger partial charge in [0, 0.05) is 30.4 Å². The largest absolute Gasteiger partial charge is 0.389 e. The predicted molar refractivity (Wildman–Crippen MR) is 103 cm³/mol. The Morgan fingerprint density at radius 1 is 0.926 bits per heavy atom. The summed E-state index contributed by atoms with van der Waals surface area (Å²) in [5, 5.41) is 16.7. The van der Waals surface area contributed by atoms with Gasteiger partial charge in [-0.05, 0) is 24.3 Å². The minimum absolute atomic E-state index is 0.347. The number of rotatable bonds is 3. The highest BCUT2D eigenvalue weighted by Gasteiger charge is 2.02. The Balaban J connectivity index is 0.000000156. The van der Waals surface area contributed by atoms with Gasteiger partial charge in [-0.1, -0.05) is 12.2 Å². The molecule has 0 radical (unpaired) electrons. The second-order valence-corrected chi connectivity index (χ2v) is 5.69. The summed E-state index contributed by atoms with van der Waals surface area (Å²) in [4.78, 5) is 8.29. The molecule has 0 saturated heterocycles. The summed E-state index contributed by atoms with van der Waals surface area (Å²) in [5.41, 5.74) is 8.50. The molecule has 0 bridgehead atoms. The molecule has 0 aliphatic carbocycles. The lowest BCUT2D eigenvalue weighted by molar-refractivity contribution is 0.874. The molecular weight excluding hydrogens is 360 g/mol. The summed E-state index contributed by atoms with van der Waals surface area (Å²) in [6, 6.07) is 9.46. The van der Waals surface area contributed by atoms with Crippen LogP contribution in [0.4, 0.5) is 0 Å². The van der Waals surface area contributed by atoms with Gasteiger partial charge in [-0.2, -0.15) is 15.5 Å². The van der Waals surface area contributed by atoms with Crippen LogP contribution in [0.25, 0.3) is 11.4 Å². The summed E-state index contributed by atoms with van der Waals surface area (Å²) in [5.74, 6) is 0. The lowest BCUT2D eigenvalue weighted by Gasteiger charge is -1.97. The molecule has 0 aromatic carbocycles. The van der Waals surface area contributed by atoms with Crippen molar-refractivity contribution in [3.8, 4) is 17.4 Å². The van der Waals surface area contributed by atoms with Gasteiger partial charge in [-0.15, -0.1) is 0 Å². The summed E-state index contributed by atoms with van der Waals surface area (Å²) >= 11 is 4.83. The van der Waals surface area contributed by atoms with E-state index in [9.17, 15) is 0 Å². The molecule has 4 rings (SSSR count). The maximum atomic E-state index is 8.58. The van der Waals surface area contributed by atoms with Crippen molar-refractivity contribution in [1.29, 1.82) is 5.26 Å². The van der Waals surface area contributed by atoms with Crippen LogP contribution in [0.2, 0.25) is 0 Å². The zero-order valence-corrected chi connectivity index (χ0v) is 14.9. The van der Waals surface area contributed by atoms with E-state index in [0.717, 1.165) is 16.9 Å². The first-order valence-electron chi connectivity index (χ1n) is 7.77. The first kappa shape index (κ1) is 17.9. The van der Waals surface area contributed by atoms with Crippen LogP contribution in [0.3, 0.4) is 0 Å². The number of thiocarbonyl (C=S) groups is 1. The molecule has 2 N–H and O–H groups in total. The van der Waals surface area contributed by atoms with Crippen molar-refractivity contribution in [3.63, 3.8) is 0 Å². The van der Waals surface area contributed by atoms with E-state index in [1.54, 1.807) is 52.7 Å². The van der Waals surface area contributed by atoms with Gasteiger partial charge in [-0.25, -0.2) is 9.36 Å². The molecule has 0 amide bonds. The normalized spacial score (nSPS) is 9.74. The number of pyridine rings is 2. The zero-order valence-electron chi connectivity index (χ0n) is 14.0. The number of nitrogens with zero attached hydrogens (tertiary/aromatic N) is 7. The lowest BCUT2D eigenvalue weighted by Crippen LogP contribution is -2.07. The van der Waals surface area contributed by atoms with Gasteiger partial charge < -0.3 is 5.73 Å². The topological polar surface area (TPSA) is 111 Å². The molecule has 8 nitrogen and oxygen atoms in total. The molecule has 9 heteroatoms. The quantitative estimate of drug-likeness (QED) is 0.546. The fourth-order valence-corrected chi connectivity index (χ4v) is 2.20. The van der Waals surface area contributed by atoms with Crippen LogP contribution >= 0.6 is 12.2 Å². The van der Waals surface area contributed by atoms with Gasteiger partial charge in [-0.3, -0.25) is 9.97 Å². The molecule has 4 aromatic heterocycles. The molecule has 0 saturated carbocycles. The predicted octanol–water partition coefficient (Wildman–Crippen LogP) is 2.04. The molecule has 0 spiro atoms. The van der Waals surface area contributed by atoms with Crippen LogP contribution in [0.1, 0.15) is 11.1 Å². The lowest BCUT2D eigenvalue weighted by atomic mass is 10.4. The van der Waals surface area contributed by atoms with Gasteiger partial charge in [0.25, 0.3) is 0 Å². The maximum absolute atomic E-state index is 8.58. The van der Waals surface area contributed by atoms with Crippen molar-refractivity contribution >= 4 is 17.2 Å². The van der Waals surface area contributed by atoms with Gasteiger partial charge in [0.1, 0.15) is 11.1 Å². The smallest absolute Gasteiger partial charge is 0.107 e. The van der Waals surface area contributed by atoms with E-state index in [0.29, 0.717) is 10.6 Å². The molecular formula is C18H14N8S. The third kappa shape index (κ3) is 4.59. The highest BCUT2D eigenvalue weighted by molar-refractivity contribution is 7.80. The maximum Gasteiger partial charge on any atom is 0.107 e. The van der Waals surface area contributed by atoms with Crippen molar-refractivity contribution in [2.75, 3.05) is 0 Å². The van der Waals surface area contributed by atoms with E-state index in [1.165, 1.54) is 6.20 Å². The Hall–Kier alpha value is -3.90. The number of nitriles is 1. The second-order valence-electron chi connectivity index (χ2n) is 5.25. The SMILES string of the molecule is N#Cc1cnn(-c2cccnc2)c1.NC(=S)c1cnn(-c2cccnc2)c1. The minimum atomic E-state index is 0.347. The van der Waals surface area contributed by atoms with E-state index in [4.69, 9.17) is 23.2 Å². The molecule has 27 heavy (non-hydrogen) atoms. The van der Waals surface area contributed by atoms with Gasteiger partial charge in [0.05, 0.1) is 41.7 Å². The van der Waals surface area contributed by atoms with Crippen LogP contribution < -0.4 is 5.73 Å². The van der Waals surface area contributed by atoms with E-state index < -0.39 is 0 Å². The van der Waals surface area contributed by atoms with Crippen molar-refractivity contribution in [2.45, 2.75) is 0 Å². The zero-order chi connectivity index (χ0) is 19.1. The Bertz CT molecular complexity index is 1060. The summed E-state index contributed by atoms with van der Waals surface area (Å²) in [6.07, 6.45) is 13.4. The average molecular weight is 374 g/mol. The van der Waals surface area contributed by atoms with Crippen LogP contribution in [0.15, 0.2) is 73.8 Å². The fraction of sp³-hybridized carbons (Fsp3) is 0. The van der Waals surface area contributed by atoms with Gasteiger partial charge >= 0.3 is 0 Å². The van der Waals surface area contributed by atoms with Crippen LogP contribution in [0, 0.1) is 11.3 Å². The van der Waals surface area contributed by atoms with E-state index in [-0.39, 0.29) is 0 Å². The number of hydrogen-bond acceptors (Lipinski definition) is 6. The van der Waals surface area contributed by atoms with Crippen LogP contribution in [-0.4, -0.2) is 34.5 Å². The minimum Gasteiger partial charge on any atom is -0.389 e. The van der Waals surface area contributed by atoms with Crippen molar-refractivity contribution < 1.29 is 0 Å². The summed E-state index contributed by atoms with van der Waals surface area (Å²) < 4.78 is 3.30. The Labute approximate surface area is 160 Å². The fourth-order valence-electron chi connectivity index (χ4n) is 2.09. The first-order valence-corrected chi connectivity index (χ1v) is 8.18. The Kier molecular flexibility index (Phi) is 5.61. The molecule has 0 atom stereocenters. The highest BCUT2D eigenvalue weighted by atomic mass is 32.1. The van der Waals surface area contributed by atoms with Crippen molar-refractivity contribution in [1.82, 2.24) is 29.5 Å². The molecule has 0 aliphatic rings. The van der Waals surface area contributed by atoms with Crippen molar-refractivity contribution in [3.05, 3.63) is 85.0 Å². The Morgan fingerprint density at radius 3 is 1.96 bits per heavy atom. The third-order valence-electron chi connectivity index (χ3n) is 3.40. The van der Waals surface area contributed by atoms with Crippen LogP contribution in [-0.2, 0) is 0 Å². The van der Waals surface area contributed by atoms with Crippen LogP contribution in [0.5, 0.6) is 0 Å². The Morgan fingerprint density at radius 2 is 1.52 bits per heavy atom.